The average Bonchev–Trinajstić information content (AvgIpc) is 2.31. The van der Waals surface area contributed by atoms with E-state index in [1.54, 1.807) is 18.5 Å². The number of anilines is 2. The molecule has 0 fully saturated rings. The maximum Gasteiger partial charge on any atom is 0.145 e. The predicted molar refractivity (Wildman–Crippen MR) is 52.2 cm³/mol. The molecule has 0 aromatic carbocycles. The fourth-order valence-electron chi connectivity index (χ4n) is 1.09. The second-order valence-electron chi connectivity index (χ2n) is 3.31. The zero-order valence-corrected chi connectivity index (χ0v) is 8.15. The Balaban J connectivity index is 3.08. The summed E-state index contributed by atoms with van der Waals surface area (Å²) in [7, 11) is 0. The first-order valence-electron chi connectivity index (χ1n) is 4.23. The van der Waals surface area contributed by atoms with Crippen molar-refractivity contribution in [2.24, 2.45) is 0 Å². The quantitative estimate of drug-likeness (QED) is 0.616. The molecule has 74 valence electrons. The Bertz CT molecular complexity index is 305. The number of nitrogens with zero attached hydrogens (tertiary/aromatic N) is 2. The summed E-state index contributed by atoms with van der Waals surface area (Å²) < 4.78 is 1.55. The van der Waals surface area contributed by atoms with Crippen molar-refractivity contribution in [1.82, 2.24) is 9.78 Å². The van der Waals surface area contributed by atoms with Crippen LogP contribution in [0.4, 0.5) is 11.5 Å². The van der Waals surface area contributed by atoms with E-state index in [9.17, 15) is 5.11 Å². The van der Waals surface area contributed by atoms with Gasteiger partial charge in [-0.1, -0.05) is 0 Å². The third-order valence-corrected chi connectivity index (χ3v) is 2.25. The van der Waals surface area contributed by atoms with Gasteiger partial charge in [-0.3, -0.25) is 0 Å². The molecule has 0 aliphatic carbocycles. The van der Waals surface area contributed by atoms with Gasteiger partial charge in [-0.05, 0) is 20.8 Å². The van der Waals surface area contributed by atoms with Gasteiger partial charge in [0.2, 0.25) is 0 Å². The molecule has 1 aromatic rings. The number of hydrogen-bond acceptors (Lipinski definition) is 4. The Labute approximate surface area is 77.3 Å². The third-order valence-electron chi connectivity index (χ3n) is 2.25. The Morgan fingerprint density at radius 2 is 1.92 bits per heavy atom. The molecule has 5 heteroatoms. The average molecular weight is 184 g/mol. The van der Waals surface area contributed by atoms with Crippen LogP contribution in [-0.2, 0) is 0 Å². The number of nitrogen functional groups attached to an aromatic ring is 2. The van der Waals surface area contributed by atoms with E-state index in [0.29, 0.717) is 17.2 Å². The zero-order valence-electron chi connectivity index (χ0n) is 8.15. The molecule has 5 nitrogen and oxygen atoms in total. The number of aliphatic hydroxyl groups is 1. The number of hydrogen-bond donors (Lipinski definition) is 3. The highest BCUT2D eigenvalue weighted by Gasteiger charge is 2.17. The minimum atomic E-state index is -0.499. The van der Waals surface area contributed by atoms with Crippen molar-refractivity contribution in [2.45, 2.75) is 32.9 Å². The molecule has 0 bridgehead atoms. The van der Waals surface area contributed by atoms with Crippen molar-refractivity contribution >= 4 is 11.5 Å². The van der Waals surface area contributed by atoms with E-state index in [2.05, 4.69) is 5.10 Å². The monoisotopic (exact) mass is 184 g/mol. The van der Waals surface area contributed by atoms with Crippen LogP contribution in [0.25, 0.3) is 0 Å². The van der Waals surface area contributed by atoms with E-state index < -0.39 is 6.10 Å². The summed E-state index contributed by atoms with van der Waals surface area (Å²) in [6, 6.07) is -0.156. The molecule has 1 heterocycles. The molecular formula is C8H16N4O. The summed E-state index contributed by atoms with van der Waals surface area (Å²) in [5.41, 5.74) is 12.5. The van der Waals surface area contributed by atoms with E-state index >= 15 is 0 Å². The summed E-state index contributed by atoms with van der Waals surface area (Å²) in [4.78, 5) is 0. The maximum atomic E-state index is 9.34. The summed E-state index contributed by atoms with van der Waals surface area (Å²) in [6.45, 7) is 5.32. The molecule has 1 rings (SSSR count). The molecule has 2 atom stereocenters. The highest BCUT2D eigenvalue weighted by Crippen LogP contribution is 2.23. The standard InChI is InChI=1S/C8H16N4O/c1-4-7(9)8(10)12(11-4)5(2)6(3)13/h5-6,13H,9-10H2,1-3H3. The molecule has 0 amide bonds. The normalized spacial score (nSPS) is 15.7. The van der Waals surface area contributed by atoms with Gasteiger partial charge in [-0.2, -0.15) is 5.10 Å². The largest absolute Gasteiger partial charge is 0.394 e. The lowest BCUT2D eigenvalue weighted by Crippen LogP contribution is -2.21. The second kappa shape index (κ2) is 3.26. The lowest BCUT2D eigenvalue weighted by Gasteiger charge is -2.16. The maximum absolute atomic E-state index is 9.34. The Kier molecular flexibility index (Phi) is 2.47. The first kappa shape index (κ1) is 9.85. The van der Waals surface area contributed by atoms with Crippen LogP contribution in [0.1, 0.15) is 25.6 Å². The van der Waals surface area contributed by atoms with Crippen LogP contribution < -0.4 is 11.5 Å². The van der Waals surface area contributed by atoms with Crippen LogP contribution in [0, 0.1) is 6.92 Å². The van der Waals surface area contributed by atoms with E-state index in [1.807, 2.05) is 6.92 Å². The van der Waals surface area contributed by atoms with Crippen molar-refractivity contribution < 1.29 is 5.11 Å². The van der Waals surface area contributed by atoms with E-state index in [0.717, 1.165) is 0 Å². The van der Waals surface area contributed by atoms with Crippen molar-refractivity contribution in [1.29, 1.82) is 0 Å². The Hall–Kier alpha value is -1.23. The van der Waals surface area contributed by atoms with E-state index in [1.165, 1.54) is 0 Å². The van der Waals surface area contributed by atoms with Crippen molar-refractivity contribution in [3.05, 3.63) is 5.69 Å². The molecule has 0 spiro atoms. The highest BCUT2D eigenvalue weighted by molar-refractivity contribution is 5.61. The first-order chi connectivity index (χ1) is 5.95. The second-order valence-corrected chi connectivity index (χ2v) is 3.31. The summed E-state index contributed by atoms with van der Waals surface area (Å²) in [6.07, 6.45) is -0.499. The lowest BCUT2D eigenvalue weighted by molar-refractivity contribution is 0.133. The summed E-state index contributed by atoms with van der Waals surface area (Å²) in [5.74, 6) is 0.422. The molecule has 1 aromatic heterocycles. The van der Waals surface area contributed by atoms with Gasteiger partial charge in [-0.25, -0.2) is 4.68 Å². The molecule has 13 heavy (non-hydrogen) atoms. The Morgan fingerprint density at radius 1 is 1.38 bits per heavy atom. The van der Waals surface area contributed by atoms with E-state index in [4.69, 9.17) is 11.5 Å². The van der Waals surface area contributed by atoms with Gasteiger partial charge in [0.25, 0.3) is 0 Å². The molecule has 2 unspecified atom stereocenters. The van der Waals surface area contributed by atoms with Gasteiger partial charge in [-0.15, -0.1) is 0 Å². The Morgan fingerprint density at radius 3 is 2.23 bits per heavy atom. The number of aromatic nitrogens is 2. The highest BCUT2D eigenvalue weighted by atomic mass is 16.3. The van der Waals surface area contributed by atoms with Crippen LogP contribution in [0.15, 0.2) is 0 Å². The third kappa shape index (κ3) is 1.60. The van der Waals surface area contributed by atoms with Crippen LogP contribution in [0.2, 0.25) is 0 Å². The molecule has 5 N–H and O–H groups in total. The topological polar surface area (TPSA) is 90.1 Å². The first-order valence-corrected chi connectivity index (χ1v) is 4.23. The van der Waals surface area contributed by atoms with Gasteiger partial charge < -0.3 is 16.6 Å². The van der Waals surface area contributed by atoms with Crippen LogP contribution in [0.5, 0.6) is 0 Å². The molecule has 0 aliphatic heterocycles. The van der Waals surface area contributed by atoms with Crippen LogP contribution in [-0.4, -0.2) is 21.0 Å². The minimum Gasteiger partial charge on any atom is -0.394 e. The fraction of sp³-hybridized carbons (Fsp3) is 0.625. The predicted octanol–water partition coefficient (Wildman–Crippen LogP) is 0.298. The van der Waals surface area contributed by atoms with Crippen molar-refractivity contribution in [2.75, 3.05) is 11.5 Å². The zero-order chi connectivity index (χ0) is 10.2. The molecular weight excluding hydrogens is 168 g/mol. The van der Waals surface area contributed by atoms with E-state index in [-0.39, 0.29) is 6.04 Å². The van der Waals surface area contributed by atoms with Crippen LogP contribution >= 0.6 is 0 Å². The van der Waals surface area contributed by atoms with Crippen molar-refractivity contribution in [3.8, 4) is 0 Å². The molecule has 0 aliphatic rings. The molecule has 0 radical (unpaired) electrons. The SMILES string of the molecule is Cc1nn(C(C)C(C)O)c(N)c1N. The number of nitrogens with two attached hydrogens (primary N) is 2. The smallest absolute Gasteiger partial charge is 0.145 e. The summed E-state index contributed by atoms with van der Waals surface area (Å²) in [5, 5.41) is 13.5. The van der Waals surface area contributed by atoms with Gasteiger partial charge >= 0.3 is 0 Å². The molecule has 0 saturated heterocycles. The van der Waals surface area contributed by atoms with Gasteiger partial charge in [0.1, 0.15) is 5.82 Å². The summed E-state index contributed by atoms with van der Waals surface area (Å²) >= 11 is 0. The van der Waals surface area contributed by atoms with Crippen LogP contribution in [0.3, 0.4) is 0 Å². The van der Waals surface area contributed by atoms with Gasteiger partial charge in [0.15, 0.2) is 0 Å². The molecule has 0 saturated carbocycles. The number of aliphatic hydroxyl groups excluding tert-OH is 1. The minimum absolute atomic E-state index is 0.156. The number of rotatable bonds is 2. The van der Waals surface area contributed by atoms with Crippen molar-refractivity contribution in [3.63, 3.8) is 0 Å². The fourth-order valence-corrected chi connectivity index (χ4v) is 1.09. The van der Waals surface area contributed by atoms with Gasteiger partial charge in [0.05, 0.1) is 23.5 Å². The number of aryl methyl sites for hydroxylation is 1. The van der Waals surface area contributed by atoms with Gasteiger partial charge in [0, 0.05) is 0 Å². The lowest BCUT2D eigenvalue weighted by atomic mass is 10.2.